The van der Waals surface area contributed by atoms with Gasteiger partial charge in [-0.1, -0.05) is 61.9 Å². The van der Waals surface area contributed by atoms with E-state index in [-0.39, 0.29) is 17.9 Å². The molecule has 0 saturated heterocycles. The van der Waals surface area contributed by atoms with Crippen LogP contribution in [0.25, 0.3) is 5.69 Å². The van der Waals surface area contributed by atoms with E-state index in [4.69, 9.17) is 5.10 Å². The maximum atomic E-state index is 13.9. The molecule has 0 radical (unpaired) electrons. The second-order valence-electron chi connectivity index (χ2n) is 10.1. The summed E-state index contributed by atoms with van der Waals surface area (Å²) in [6.45, 7) is 14.3. The third-order valence-corrected chi connectivity index (χ3v) is 7.17. The second kappa shape index (κ2) is 11.2. The number of nitrogens with zero attached hydrogens (tertiary/aromatic N) is 4. The van der Waals surface area contributed by atoms with E-state index in [2.05, 4.69) is 80.6 Å². The number of rotatable bonds is 9. The fourth-order valence-electron chi connectivity index (χ4n) is 5.19. The van der Waals surface area contributed by atoms with Gasteiger partial charge in [-0.25, -0.2) is 4.68 Å². The highest BCUT2D eigenvalue weighted by Gasteiger charge is 2.31. The number of carbonyl (C=O) groups excluding carboxylic acids is 1. The number of amides is 1. The molecule has 0 unspecified atom stereocenters. The first-order chi connectivity index (χ1) is 16.9. The summed E-state index contributed by atoms with van der Waals surface area (Å²) >= 11 is 0. The molecule has 0 fully saturated rings. The van der Waals surface area contributed by atoms with E-state index in [1.54, 1.807) is 0 Å². The van der Waals surface area contributed by atoms with Crippen LogP contribution < -0.4 is 0 Å². The minimum atomic E-state index is -0.134. The van der Waals surface area contributed by atoms with E-state index in [1.807, 2.05) is 23.1 Å². The van der Waals surface area contributed by atoms with Crippen LogP contribution in [-0.2, 0) is 24.3 Å². The Morgan fingerprint density at radius 2 is 1.77 bits per heavy atom. The van der Waals surface area contributed by atoms with Crippen molar-refractivity contribution in [2.24, 2.45) is 0 Å². The van der Waals surface area contributed by atoms with Gasteiger partial charge in [0, 0.05) is 31.1 Å². The van der Waals surface area contributed by atoms with E-state index in [1.165, 1.54) is 16.8 Å². The van der Waals surface area contributed by atoms with Gasteiger partial charge < -0.3 is 4.90 Å². The minimum absolute atomic E-state index is 0.0933. The Morgan fingerprint density at radius 3 is 2.40 bits per heavy atom. The number of carbonyl (C=O) groups is 1. The highest BCUT2D eigenvalue weighted by molar-refractivity contribution is 5.84. The second-order valence-corrected chi connectivity index (χ2v) is 10.1. The van der Waals surface area contributed by atoms with Crippen molar-refractivity contribution >= 4 is 5.91 Å². The fourth-order valence-corrected chi connectivity index (χ4v) is 5.19. The number of fused-ring (bicyclic) bond motifs is 1. The first-order valence-electron chi connectivity index (χ1n) is 13.2. The lowest BCUT2D eigenvalue weighted by Crippen LogP contribution is -2.40. The molecule has 4 rings (SSSR count). The Kier molecular flexibility index (Phi) is 8.07. The summed E-state index contributed by atoms with van der Waals surface area (Å²) in [5.41, 5.74) is 7.06. The van der Waals surface area contributed by atoms with Crippen LogP contribution in [0.3, 0.4) is 0 Å². The van der Waals surface area contributed by atoms with Crippen molar-refractivity contribution in [2.75, 3.05) is 13.1 Å². The Hall–Kier alpha value is -2.92. The van der Waals surface area contributed by atoms with Crippen LogP contribution in [0.15, 0.2) is 54.6 Å². The van der Waals surface area contributed by atoms with Crippen molar-refractivity contribution in [3.05, 3.63) is 82.7 Å². The molecule has 2 heterocycles. The number of hydrogen-bond acceptors (Lipinski definition) is 3. The molecule has 0 saturated carbocycles. The van der Waals surface area contributed by atoms with Crippen molar-refractivity contribution < 1.29 is 4.79 Å². The van der Waals surface area contributed by atoms with Crippen LogP contribution >= 0.6 is 0 Å². The van der Waals surface area contributed by atoms with Crippen molar-refractivity contribution in [3.8, 4) is 5.69 Å². The first-order valence-corrected chi connectivity index (χ1v) is 13.2. The van der Waals surface area contributed by atoms with E-state index >= 15 is 0 Å². The zero-order valence-corrected chi connectivity index (χ0v) is 22.0. The smallest absolute Gasteiger partial charge is 0.230 e. The van der Waals surface area contributed by atoms with E-state index in [0.29, 0.717) is 6.54 Å². The predicted octanol–water partition coefficient (Wildman–Crippen LogP) is 5.88. The van der Waals surface area contributed by atoms with Crippen LogP contribution in [0.1, 0.15) is 74.5 Å². The quantitative estimate of drug-likeness (QED) is 0.390. The van der Waals surface area contributed by atoms with Crippen LogP contribution in [0.4, 0.5) is 0 Å². The van der Waals surface area contributed by atoms with Crippen LogP contribution in [0.2, 0.25) is 0 Å². The SMILES string of the molecule is CCCN1CCc2c(c(CN(C(=O)[C@@H](CC)c3ccccc3)C(C)C)nn2-c2ccc(C)cc2)C1. The molecule has 3 aromatic rings. The summed E-state index contributed by atoms with van der Waals surface area (Å²) in [4.78, 5) is 18.4. The third-order valence-electron chi connectivity index (χ3n) is 7.17. The van der Waals surface area contributed by atoms with Gasteiger partial charge in [-0.3, -0.25) is 9.69 Å². The average Bonchev–Trinajstić information content (AvgIpc) is 3.21. The Labute approximate surface area is 210 Å². The number of benzene rings is 2. The lowest BCUT2D eigenvalue weighted by Gasteiger charge is -2.31. The molecule has 0 aliphatic carbocycles. The molecule has 5 nitrogen and oxygen atoms in total. The molecule has 5 heteroatoms. The number of hydrogen-bond donors (Lipinski definition) is 0. The lowest BCUT2D eigenvalue weighted by atomic mass is 9.94. The van der Waals surface area contributed by atoms with E-state index in [0.717, 1.165) is 55.8 Å². The molecule has 0 N–H and O–H groups in total. The van der Waals surface area contributed by atoms with E-state index < -0.39 is 0 Å². The van der Waals surface area contributed by atoms with Crippen LogP contribution in [0, 0.1) is 6.92 Å². The molecule has 0 bridgehead atoms. The van der Waals surface area contributed by atoms with E-state index in [9.17, 15) is 4.79 Å². The lowest BCUT2D eigenvalue weighted by molar-refractivity contribution is -0.135. The monoisotopic (exact) mass is 472 g/mol. The van der Waals surface area contributed by atoms with Crippen LogP contribution in [-0.4, -0.2) is 44.6 Å². The Morgan fingerprint density at radius 1 is 1.06 bits per heavy atom. The van der Waals surface area contributed by atoms with Gasteiger partial charge in [-0.2, -0.15) is 5.10 Å². The molecule has 1 aromatic heterocycles. The van der Waals surface area contributed by atoms with Crippen molar-refractivity contribution in [3.63, 3.8) is 0 Å². The summed E-state index contributed by atoms with van der Waals surface area (Å²) in [6, 6.07) is 18.9. The maximum Gasteiger partial charge on any atom is 0.230 e. The van der Waals surface area contributed by atoms with Crippen molar-refractivity contribution in [1.82, 2.24) is 19.6 Å². The average molecular weight is 473 g/mol. The molecular weight excluding hydrogens is 432 g/mol. The molecular formula is C30H40N4O. The minimum Gasteiger partial charge on any atom is -0.334 e. The van der Waals surface area contributed by atoms with Gasteiger partial charge in [0.1, 0.15) is 0 Å². The molecule has 2 aromatic carbocycles. The molecule has 1 amide bonds. The van der Waals surface area contributed by atoms with Gasteiger partial charge in [0.25, 0.3) is 0 Å². The van der Waals surface area contributed by atoms with Crippen molar-refractivity contribution in [2.45, 2.75) is 78.9 Å². The molecule has 186 valence electrons. The molecule has 0 spiro atoms. The largest absolute Gasteiger partial charge is 0.334 e. The normalized spacial score (nSPS) is 14.7. The highest BCUT2D eigenvalue weighted by atomic mass is 16.2. The number of aromatic nitrogens is 2. The van der Waals surface area contributed by atoms with Crippen LogP contribution in [0.5, 0.6) is 0 Å². The molecule has 1 aliphatic heterocycles. The first kappa shape index (κ1) is 25.2. The van der Waals surface area contributed by atoms with Gasteiger partial charge in [0.2, 0.25) is 5.91 Å². The standard InChI is InChI=1S/C30H40N4O/c1-6-18-32-19-17-29-27(20-32)28(31-34(29)25-15-13-23(5)14-16-25)21-33(22(3)4)30(35)26(7-2)24-11-9-8-10-12-24/h8-16,22,26H,6-7,17-21H2,1-5H3/t26-/m0/s1. The van der Waals surface area contributed by atoms with Gasteiger partial charge in [-0.05, 0) is 57.9 Å². The topological polar surface area (TPSA) is 41.4 Å². The predicted molar refractivity (Wildman–Crippen MR) is 143 cm³/mol. The fraction of sp³-hybridized carbons (Fsp3) is 0.467. The molecule has 1 aliphatic rings. The maximum absolute atomic E-state index is 13.9. The van der Waals surface area contributed by atoms with Gasteiger partial charge in [-0.15, -0.1) is 0 Å². The van der Waals surface area contributed by atoms with Crippen molar-refractivity contribution in [1.29, 1.82) is 0 Å². The summed E-state index contributed by atoms with van der Waals surface area (Å²) in [5, 5.41) is 5.14. The van der Waals surface area contributed by atoms with Gasteiger partial charge in [0.05, 0.1) is 29.5 Å². The summed E-state index contributed by atoms with van der Waals surface area (Å²) in [6.07, 6.45) is 2.91. The van der Waals surface area contributed by atoms with Gasteiger partial charge in [0.15, 0.2) is 0 Å². The Balaban J connectivity index is 1.70. The zero-order valence-electron chi connectivity index (χ0n) is 22.0. The molecule has 35 heavy (non-hydrogen) atoms. The van der Waals surface area contributed by atoms with Gasteiger partial charge >= 0.3 is 0 Å². The summed E-state index contributed by atoms with van der Waals surface area (Å²) in [7, 11) is 0. The summed E-state index contributed by atoms with van der Waals surface area (Å²) < 4.78 is 2.13. The molecule has 1 atom stereocenters. The third kappa shape index (κ3) is 5.51. The highest BCUT2D eigenvalue weighted by Crippen LogP contribution is 2.29. The zero-order chi connectivity index (χ0) is 24.9. The summed E-state index contributed by atoms with van der Waals surface area (Å²) in [5.74, 6) is 0.0544. The number of aryl methyl sites for hydroxylation is 1. The Bertz CT molecular complexity index is 1120.